The number of nitrogens with one attached hydrogen (secondary N) is 1. The van der Waals surface area contributed by atoms with E-state index in [0.29, 0.717) is 5.56 Å². The summed E-state index contributed by atoms with van der Waals surface area (Å²) in [6.07, 6.45) is 0. The van der Waals surface area contributed by atoms with Crippen LogP contribution in [0, 0.1) is 9.49 Å². The fourth-order valence-corrected chi connectivity index (χ4v) is 2.48. The van der Waals surface area contributed by atoms with E-state index in [0.717, 1.165) is 14.8 Å². The highest BCUT2D eigenvalue weighted by Gasteiger charge is 2.10. The predicted octanol–water partition coefficient (Wildman–Crippen LogP) is 4.08. The van der Waals surface area contributed by atoms with Crippen LogP contribution in [0.15, 0.2) is 59.7 Å². The van der Waals surface area contributed by atoms with Crippen LogP contribution in [0.3, 0.4) is 0 Å². The number of nitrogens with zero attached hydrogens (tertiary/aromatic N) is 1. The molecule has 3 nitrogen and oxygen atoms in total. The van der Waals surface area contributed by atoms with Crippen molar-refractivity contribution in [2.45, 2.75) is 13.8 Å². The van der Waals surface area contributed by atoms with Gasteiger partial charge in [-0.15, -0.1) is 0 Å². The maximum atomic E-state index is 12.1. The molecule has 0 fully saturated rings. The SMILES string of the molecule is CC(C)/C(=N\NC(=O)c1cccc(I)c1)c1ccccc1. The van der Waals surface area contributed by atoms with E-state index in [4.69, 9.17) is 0 Å². The van der Waals surface area contributed by atoms with Crippen LogP contribution in [0.25, 0.3) is 0 Å². The van der Waals surface area contributed by atoms with Gasteiger partial charge in [0.2, 0.25) is 0 Å². The van der Waals surface area contributed by atoms with E-state index in [9.17, 15) is 4.79 Å². The summed E-state index contributed by atoms with van der Waals surface area (Å²) in [5.74, 6) is 0.0335. The second-order valence-electron chi connectivity index (χ2n) is 4.97. The molecule has 1 N–H and O–H groups in total. The molecule has 2 aromatic carbocycles. The summed E-state index contributed by atoms with van der Waals surface area (Å²) >= 11 is 2.18. The van der Waals surface area contributed by atoms with Gasteiger partial charge < -0.3 is 0 Å². The Morgan fingerprint density at radius 1 is 1.05 bits per heavy atom. The summed E-state index contributed by atoms with van der Waals surface area (Å²) in [5, 5.41) is 4.31. The summed E-state index contributed by atoms with van der Waals surface area (Å²) < 4.78 is 1.02. The number of carbonyl (C=O) groups is 1. The van der Waals surface area contributed by atoms with Gasteiger partial charge in [-0.25, -0.2) is 5.43 Å². The first kappa shape index (κ1) is 15.7. The Hall–Kier alpha value is -1.69. The Balaban J connectivity index is 2.19. The zero-order chi connectivity index (χ0) is 15.2. The van der Waals surface area contributed by atoms with Crippen LogP contribution in [0.2, 0.25) is 0 Å². The molecule has 108 valence electrons. The highest BCUT2D eigenvalue weighted by molar-refractivity contribution is 14.1. The minimum absolute atomic E-state index is 0.192. The molecule has 0 aromatic heterocycles. The molecule has 1 amide bonds. The molecule has 0 aliphatic rings. The lowest BCUT2D eigenvalue weighted by molar-refractivity contribution is 0.0954. The fourth-order valence-electron chi connectivity index (χ4n) is 1.94. The van der Waals surface area contributed by atoms with Crippen LogP contribution in [0.5, 0.6) is 0 Å². The lowest BCUT2D eigenvalue weighted by Crippen LogP contribution is -2.22. The van der Waals surface area contributed by atoms with Crippen LogP contribution >= 0.6 is 22.6 Å². The number of rotatable bonds is 4. The molecule has 0 saturated carbocycles. The van der Waals surface area contributed by atoms with Crippen LogP contribution in [0.4, 0.5) is 0 Å². The van der Waals surface area contributed by atoms with Crippen molar-refractivity contribution in [3.8, 4) is 0 Å². The molecule has 0 saturated heterocycles. The molecule has 0 unspecified atom stereocenters. The number of amides is 1. The Kier molecular flexibility index (Phi) is 5.50. The first-order valence-corrected chi connectivity index (χ1v) is 7.84. The third-order valence-electron chi connectivity index (χ3n) is 2.98. The van der Waals surface area contributed by atoms with E-state index in [1.807, 2.05) is 48.5 Å². The minimum atomic E-state index is -0.192. The number of hydrogen-bond acceptors (Lipinski definition) is 2. The number of hydrazone groups is 1. The summed E-state index contributed by atoms with van der Waals surface area (Å²) in [7, 11) is 0. The monoisotopic (exact) mass is 392 g/mol. The topological polar surface area (TPSA) is 41.5 Å². The molecular weight excluding hydrogens is 375 g/mol. The Morgan fingerprint density at radius 2 is 1.71 bits per heavy atom. The normalized spacial score (nSPS) is 11.5. The lowest BCUT2D eigenvalue weighted by Gasteiger charge is -2.10. The molecular formula is C17H17IN2O. The maximum absolute atomic E-state index is 12.1. The van der Waals surface area contributed by atoms with Crippen molar-refractivity contribution < 1.29 is 4.79 Å². The van der Waals surface area contributed by atoms with Crippen molar-refractivity contribution in [3.63, 3.8) is 0 Å². The van der Waals surface area contributed by atoms with E-state index in [2.05, 4.69) is 47.0 Å². The summed E-state index contributed by atoms with van der Waals surface area (Å²) in [6.45, 7) is 4.12. The van der Waals surface area contributed by atoms with Crippen LogP contribution in [0.1, 0.15) is 29.8 Å². The van der Waals surface area contributed by atoms with E-state index in [1.165, 1.54) is 0 Å². The molecule has 0 aliphatic heterocycles. The Bertz CT molecular complexity index is 651. The third-order valence-corrected chi connectivity index (χ3v) is 3.65. The van der Waals surface area contributed by atoms with Crippen LogP contribution in [-0.2, 0) is 0 Å². The third kappa shape index (κ3) is 4.39. The van der Waals surface area contributed by atoms with Gasteiger partial charge in [-0.05, 0) is 52.3 Å². The van der Waals surface area contributed by atoms with Crippen molar-refractivity contribution in [2.24, 2.45) is 11.0 Å². The van der Waals surface area contributed by atoms with Gasteiger partial charge in [0.15, 0.2) is 0 Å². The fraction of sp³-hybridized carbons (Fsp3) is 0.176. The van der Waals surface area contributed by atoms with E-state index in [1.54, 1.807) is 6.07 Å². The van der Waals surface area contributed by atoms with Gasteiger partial charge in [0.1, 0.15) is 0 Å². The molecule has 0 radical (unpaired) electrons. The van der Waals surface area contributed by atoms with Gasteiger partial charge >= 0.3 is 0 Å². The molecule has 0 heterocycles. The summed E-state index contributed by atoms with van der Waals surface area (Å²) in [4.78, 5) is 12.1. The van der Waals surface area contributed by atoms with Gasteiger partial charge in [0.25, 0.3) is 5.91 Å². The average molecular weight is 392 g/mol. The first-order valence-electron chi connectivity index (χ1n) is 6.77. The lowest BCUT2D eigenvalue weighted by atomic mass is 10.0. The van der Waals surface area contributed by atoms with Gasteiger partial charge in [0.05, 0.1) is 5.71 Å². The second-order valence-corrected chi connectivity index (χ2v) is 6.21. The number of hydrogen-bond donors (Lipinski definition) is 1. The largest absolute Gasteiger partial charge is 0.271 e. The molecule has 4 heteroatoms. The van der Waals surface area contributed by atoms with Crippen molar-refractivity contribution in [1.29, 1.82) is 0 Å². The Labute approximate surface area is 138 Å². The van der Waals surface area contributed by atoms with Crippen molar-refractivity contribution in [1.82, 2.24) is 5.43 Å². The Morgan fingerprint density at radius 3 is 2.33 bits per heavy atom. The molecule has 0 bridgehead atoms. The van der Waals surface area contributed by atoms with Crippen LogP contribution < -0.4 is 5.43 Å². The molecule has 2 rings (SSSR count). The number of halogens is 1. The molecule has 21 heavy (non-hydrogen) atoms. The van der Waals surface area contributed by atoms with Crippen molar-refractivity contribution >= 4 is 34.2 Å². The van der Waals surface area contributed by atoms with E-state index >= 15 is 0 Å². The number of carbonyl (C=O) groups excluding carboxylic acids is 1. The van der Waals surface area contributed by atoms with Gasteiger partial charge in [0, 0.05) is 9.13 Å². The number of benzene rings is 2. The average Bonchev–Trinajstić information content (AvgIpc) is 2.48. The maximum Gasteiger partial charge on any atom is 0.271 e. The van der Waals surface area contributed by atoms with E-state index < -0.39 is 0 Å². The molecule has 0 atom stereocenters. The highest BCUT2D eigenvalue weighted by Crippen LogP contribution is 2.10. The molecule has 2 aromatic rings. The van der Waals surface area contributed by atoms with Crippen molar-refractivity contribution in [2.75, 3.05) is 0 Å². The standard InChI is InChI=1S/C17H17IN2O/c1-12(2)16(13-7-4-3-5-8-13)19-20-17(21)14-9-6-10-15(18)11-14/h3-12H,1-2H3,(H,20,21)/b19-16+. The summed E-state index contributed by atoms with van der Waals surface area (Å²) in [6, 6.07) is 17.3. The first-order chi connectivity index (χ1) is 10.1. The predicted molar refractivity (Wildman–Crippen MR) is 94.4 cm³/mol. The minimum Gasteiger partial charge on any atom is -0.267 e. The van der Waals surface area contributed by atoms with Gasteiger partial charge in [-0.1, -0.05) is 50.2 Å². The summed E-state index contributed by atoms with van der Waals surface area (Å²) in [5.41, 5.74) is 5.16. The second kappa shape index (κ2) is 7.36. The van der Waals surface area contributed by atoms with Crippen LogP contribution in [-0.4, -0.2) is 11.6 Å². The van der Waals surface area contributed by atoms with E-state index in [-0.39, 0.29) is 11.8 Å². The highest BCUT2D eigenvalue weighted by atomic mass is 127. The van der Waals surface area contributed by atoms with Crippen molar-refractivity contribution in [3.05, 3.63) is 69.3 Å². The zero-order valence-corrected chi connectivity index (χ0v) is 14.2. The quantitative estimate of drug-likeness (QED) is 0.476. The molecule has 0 aliphatic carbocycles. The molecule has 0 spiro atoms. The van der Waals surface area contributed by atoms with Gasteiger partial charge in [-0.3, -0.25) is 4.79 Å². The van der Waals surface area contributed by atoms with Gasteiger partial charge in [-0.2, -0.15) is 5.10 Å². The zero-order valence-electron chi connectivity index (χ0n) is 12.0. The smallest absolute Gasteiger partial charge is 0.267 e.